The van der Waals surface area contributed by atoms with Crippen LogP contribution in [0, 0.1) is 11.6 Å². The SMILES string of the molecule is NCCC(F)(F)F.O=C(CCCC(F)(F)F)c1ccc2c(n1)N(C(=O)Nc1ccc(F)cn1)[C@H]1CCN2C1.O=C(O)c1ccc2c(n1)N(C(=O)Nc1ccc(F)cn1)[C@H]1CCN2C1. The number of rotatable bonds is 8. The van der Waals surface area contributed by atoms with Gasteiger partial charge in [0, 0.05) is 45.6 Å². The van der Waals surface area contributed by atoms with Crippen LogP contribution in [0.25, 0.3) is 0 Å². The molecule has 24 heteroatoms. The Morgan fingerprint density at radius 2 is 1.14 bits per heavy atom. The number of carboxylic acids is 1. The second-order valence-electron chi connectivity index (χ2n) is 14.5. The summed E-state index contributed by atoms with van der Waals surface area (Å²) in [7, 11) is 0. The van der Waals surface area contributed by atoms with Crippen molar-refractivity contribution in [3.63, 3.8) is 0 Å². The molecular formula is C39H39F8N11O5. The number of hydrogen-bond acceptors (Lipinski definition) is 11. The molecule has 2 atom stereocenters. The number of Topliss-reactive ketones (excluding diaryl/α,β-unsaturated/α-hetero) is 1. The van der Waals surface area contributed by atoms with Crippen molar-refractivity contribution in [3.8, 4) is 0 Å². The third-order valence-corrected chi connectivity index (χ3v) is 10.1. The Hall–Kier alpha value is -6.72. The van der Waals surface area contributed by atoms with Crippen LogP contribution in [-0.2, 0) is 0 Å². The molecule has 0 unspecified atom stereocenters. The summed E-state index contributed by atoms with van der Waals surface area (Å²) in [5.74, 6) is -1.75. The first kappa shape index (κ1) is 45.8. The zero-order valence-corrected chi connectivity index (χ0v) is 33.0. The summed E-state index contributed by atoms with van der Waals surface area (Å²) >= 11 is 0. The smallest absolute Gasteiger partial charge is 0.390 e. The highest BCUT2D eigenvalue weighted by Gasteiger charge is 2.42. The molecule has 4 aromatic heterocycles. The van der Waals surface area contributed by atoms with Gasteiger partial charge in [-0.1, -0.05) is 0 Å². The lowest BCUT2D eigenvalue weighted by atomic mass is 10.1. The third-order valence-electron chi connectivity index (χ3n) is 10.1. The van der Waals surface area contributed by atoms with E-state index in [1.165, 1.54) is 46.2 Å². The number of halogens is 8. The predicted octanol–water partition coefficient (Wildman–Crippen LogP) is 7.00. The number of aromatic carboxylic acids is 1. The Labute approximate surface area is 353 Å². The molecule has 0 saturated carbocycles. The number of carboxylic acid groups (broad SMARTS) is 1. The van der Waals surface area contributed by atoms with Gasteiger partial charge in [-0.3, -0.25) is 25.2 Å². The van der Waals surface area contributed by atoms with Crippen molar-refractivity contribution < 1.29 is 59.4 Å². The van der Waals surface area contributed by atoms with Crippen molar-refractivity contribution in [3.05, 3.63) is 83.9 Å². The zero-order valence-electron chi connectivity index (χ0n) is 33.0. The summed E-state index contributed by atoms with van der Waals surface area (Å²) in [6.07, 6.45) is -7.50. The molecule has 4 aliphatic heterocycles. The number of aromatic nitrogens is 4. The van der Waals surface area contributed by atoms with Gasteiger partial charge in [0.15, 0.2) is 23.1 Å². The molecule has 0 radical (unpaired) electrons. The van der Waals surface area contributed by atoms with E-state index in [1.807, 2.05) is 4.90 Å². The normalized spacial score (nSPS) is 17.1. The number of carbonyl (C=O) groups excluding carboxylic acids is 3. The molecule has 0 aromatic carbocycles. The van der Waals surface area contributed by atoms with Crippen LogP contribution in [0.3, 0.4) is 0 Å². The Morgan fingerprint density at radius 1 is 0.683 bits per heavy atom. The first-order valence-corrected chi connectivity index (χ1v) is 19.4. The van der Waals surface area contributed by atoms with E-state index >= 15 is 0 Å². The summed E-state index contributed by atoms with van der Waals surface area (Å²) in [5.41, 5.74) is 5.88. The van der Waals surface area contributed by atoms with Gasteiger partial charge in [0.1, 0.15) is 29.0 Å². The molecule has 5 N–H and O–H groups in total. The molecule has 4 bridgehead atoms. The van der Waals surface area contributed by atoms with Crippen LogP contribution in [0.2, 0.25) is 0 Å². The predicted molar refractivity (Wildman–Crippen MR) is 212 cm³/mol. The summed E-state index contributed by atoms with van der Waals surface area (Å²) < 4.78 is 96.0. The van der Waals surface area contributed by atoms with Gasteiger partial charge in [0.05, 0.1) is 42.3 Å². The van der Waals surface area contributed by atoms with Crippen molar-refractivity contribution in [1.29, 1.82) is 0 Å². The highest BCUT2D eigenvalue weighted by Crippen LogP contribution is 2.40. The standard InChI is InChI=1S/C20H19F4N5O2.C16H14FN5O3.C3H6F3N/c21-12-3-6-17(25-10-12)27-19(31)29-13-7-9-28(11-13)15-5-4-14(26-18(15)29)16(30)2-1-8-20(22,23)24;17-9-1-4-13(18-7-9)20-16(25)22-10-5-6-21(8-10)12-3-2-11(15(23)24)19-14(12)22;4-3(5,6)1-2-7/h3-6,10,13H,1-2,7-9,11H2,(H,25,27,31);1-4,7,10H,5-6,8H2,(H,23,24)(H,18,20,25);1-2,7H2/t13-;10-;/m00./s1. The fourth-order valence-electron chi connectivity index (χ4n) is 7.20. The lowest BCUT2D eigenvalue weighted by Crippen LogP contribution is -2.48. The highest BCUT2D eigenvalue weighted by molar-refractivity contribution is 6.06. The lowest BCUT2D eigenvalue weighted by Gasteiger charge is -2.35. The van der Waals surface area contributed by atoms with Crippen molar-refractivity contribution in [1.82, 2.24) is 19.9 Å². The number of hydrogen-bond donors (Lipinski definition) is 4. The minimum Gasteiger partial charge on any atom is -0.477 e. The van der Waals surface area contributed by atoms with Gasteiger partial charge in [0.25, 0.3) is 0 Å². The Balaban J connectivity index is 0.000000185. The number of alkyl halides is 6. The first-order valence-electron chi connectivity index (χ1n) is 19.4. The van der Waals surface area contributed by atoms with Gasteiger partial charge < -0.3 is 20.6 Å². The molecule has 2 fully saturated rings. The maximum absolute atomic E-state index is 13.1. The topological polar surface area (TPSA) is 203 Å². The largest absolute Gasteiger partial charge is 0.477 e. The van der Waals surface area contributed by atoms with Crippen LogP contribution >= 0.6 is 0 Å². The third kappa shape index (κ3) is 11.6. The Bertz CT molecular complexity index is 2300. The van der Waals surface area contributed by atoms with E-state index in [0.29, 0.717) is 37.6 Å². The molecule has 8 heterocycles. The van der Waals surface area contributed by atoms with E-state index in [-0.39, 0.29) is 60.3 Å². The number of nitrogens with two attached hydrogens (primary N) is 1. The number of anilines is 6. The molecule has 63 heavy (non-hydrogen) atoms. The lowest BCUT2D eigenvalue weighted by molar-refractivity contribution is -0.135. The fraction of sp³-hybridized carbons (Fsp3) is 0.385. The number of amides is 4. The number of ketones is 1. The van der Waals surface area contributed by atoms with Gasteiger partial charge >= 0.3 is 30.4 Å². The van der Waals surface area contributed by atoms with Gasteiger partial charge in [-0.05, 0) is 67.8 Å². The molecule has 4 amide bonds. The highest BCUT2D eigenvalue weighted by atomic mass is 19.4. The van der Waals surface area contributed by atoms with Crippen LogP contribution in [0.5, 0.6) is 0 Å². The van der Waals surface area contributed by atoms with E-state index in [1.54, 1.807) is 12.1 Å². The molecule has 16 nitrogen and oxygen atoms in total. The quantitative estimate of drug-likeness (QED) is 0.104. The van der Waals surface area contributed by atoms with Crippen LogP contribution in [0.4, 0.5) is 79.4 Å². The molecule has 336 valence electrons. The van der Waals surface area contributed by atoms with Gasteiger partial charge in [0.2, 0.25) is 0 Å². The van der Waals surface area contributed by atoms with Crippen LogP contribution in [0.15, 0.2) is 60.9 Å². The zero-order chi connectivity index (χ0) is 45.6. The Kier molecular flexibility index (Phi) is 13.9. The molecule has 0 spiro atoms. The number of nitrogens with zero attached hydrogens (tertiary/aromatic N) is 8. The van der Waals surface area contributed by atoms with Gasteiger partial charge in [-0.15, -0.1) is 0 Å². The second-order valence-corrected chi connectivity index (χ2v) is 14.5. The molecule has 8 rings (SSSR count). The van der Waals surface area contributed by atoms with Crippen molar-refractivity contribution in [2.24, 2.45) is 5.73 Å². The molecule has 4 aromatic rings. The van der Waals surface area contributed by atoms with E-state index in [9.17, 15) is 59.4 Å². The average molecular weight is 894 g/mol. The summed E-state index contributed by atoms with van der Waals surface area (Å²) in [6, 6.07) is 10.0. The fourth-order valence-corrected chi connectivity index (χ4v) is 7.20. The van der Waals surface area contributed by atoms with Crippen LogP contribution < -0.4 is 36.0 Å². The van der Waals surface area contributed by atoms with E-state index in [4.69, 9.17) is 0 Å². The minimum absolute atomic E-state index is 0.0149. The number of fused-ring (bicyclic) bond motifs is 8. The average Bonchev–Trinajstić information content (AvgIpc) is 3.84. The van der Waals surface area contributed by atoms with Crippen molar-refractivity contribution in [2.75, 3.05) is 63.0 Å². The molecule has 2 saturated heterocycles. The number of urea groups is 2. The van der Waals surface area contributed by atoms with Crippen molar-refractivity contribution in [2.45, 2.75) is 63.0 Å². The number of nitrogens with one attached hydrogen (secondary N) is 2. The summed E-state index contributed by atoms with van der Waals surface area (Å²) in [5, 5.41) is 14.4. The summed E-state index contributed by atoms with van der Waals surface area (Å²) in [4.78, 5) is 72.5. The monoisotopic (exact) mass is 893 g/mol. The minimum atomic E-state index is -4.32. The number of pyridine rings is 4. The van der Waals surface area contributed by atoms with E-state index in [2.05, 4.69) is 41.2 Å². The van der Waals surface area contributed by atoms with E-state index < -0.39 is 60.6 Å². The van der Waals surface area contributed by atoms with Gasteiger partial charge in [-0.2, -0.15) is 26.3 Å². The molecule has 4 aliphatic rings. The Morgan fingerprint density at radius 3 is 1.54 bits per heavy atom. The van der Waals surface area contributed by atoms with Crippen molar-refractivity contribution >= 4 is 58.5 Å². The maximum atomic E-state index is 13.1. The number of carbonyl (C=O) groups is 4. The summed E-state index contributed by atoms with van der Waals surface area (Å²) in [6.45, 7) is 2.41. The molecule has 0 aliphatic carbocycles. The van der Waals surface area contributed by atoms with Crippen LogP contribution in [-0.4, -0.2) is 106 Å². The maximum Gasteiger partial charge on any atom is 0.390 e. The van der Waals surface area contributed by atoms with Crippen LogP contribution in [0.1, 0.15) is 59.5 Å². The molecular weight excluding hydrogens is 854 g/mol. The second kappa shape index (κ2) is 19.1. The van der Waals surface area contributed by atoms with E-state index in [0.717, 1.165) is 31.0 Å². The van der Waals surface area contributed by atoms with Gasteiger partial charge in [-0.25, -0.2) is 43.1 Å². The first-order chi connectivity index (χ1) is 29.8.